The fourth-order valence-corrected chi connectivity index (χ4v) is 2.23. The van der Waals surface area contributed by atoms with Gasteiger partial charge >= 0.3 is 11.9 Å². The van der Waals surface area contributed by atoms with Crippen molar-refractivity contribution in [3.8, 4) is 0 Å². The van der Waals surface area contributed by atoms with Crippen LogP contribution in [-0.4, -0.2) is 18.5 Å². The van der Waals surface area contributed by atoms with Crippen molar-refractivity contribution in [3.63, 3.8) is 0 Å². The normalized spacial score (nSPS) is 11.7. The number of ether oxygens (including phenoxy) is 2. The van der Waals surface area contributed by atoms with Crippen LogP contribution in [0.4, 0.5) is 0 Å². The summed E-state index contributed by atoms with van der Waals surface area (Å²) in [7, 11) is 0. The van der Waals surface area contributed by atoms with Crippen molar-refractivity contribution in [2.75, 3.05) is 6.61 Å². The Hall–Kier alpha value is -1.84. The van der Waals surface area contributed by atoms with Crippen LogP contribution in [0.5, 0.6) is 0 Å². The van der Waals surface area contributed by atoms with Gasteiger partial charge in [-0.25, -0.2) is 4.79 Å². The van der Waals surface area contributed by atoms with E-state index >= 15 is 0 Å². The number of esters is 2. The summed E-state index contributed by atoms with van der Waals surface area (Å²) < 4.78 is 10.5. The molecule has 128 valence electrons. The van der Waals surface area contributed by atoms with Crippen LogP contribution in [0.25, 0.3) is 0 Å². The molecule has 0 saturated heterocycles. The zero-order chi connectivity index (χ0) is 16.9. The van der Waals surface area contributed by atoms with Gasteiger partial charge in [-0.3, -0.25) is 4.79 Å². The molecule has 1 atom stereocenters. The van der Waals surface area contributed by atoms with Crippen LogP contribution in [0.3, 0.4) is 0 Å². The second-order valence-electron chi connectivity index (χ2n) is 5.57. The summed E-state index contributed by atoms with van der Waals surface area (Å²) in [4.78, 5) is 23.8. The van der Waals surface area contributed by atoms with Crippen LogP contribution in [-0.2, 0) is 19.1 Å². The molecule has 0 aliphatic heterocycles. The molecule has 1 unspecified atom stereocenters. The first-order valence-electron chi connectivity index (χ1n) is 8.60. The minimum Gasteiger partial charge on any atom is -0.463 e. The Balaban J connectivity index is 2.45. The monoisotopic (exact) mass is 320 g/mol. The van der Waals surface area contributed by atoms with E-state index in [-0.39, 0.29) is 6.42 Å². The van der Waals surface area contributed by atoms with Crippen LogP contribution in [0, 0.1) is 0 Å². The fourth-order valence-electron chi connectivity index (χ4n) is 2.23. The molecule has 0 N–H and O–H groups in total. The van der Waals surface area contributed by atoms with Gasteiger partial charge in [-0.2, -0.15) is 0 Å². The first kappa shape index (κ1) is 19.2. The molecule has 1 aromatic carbocycles. The van der Waals surface area contributed by atoms with Gasteiger partial charge in [0.05, 0.1) is 6.61 Å². The minimum atomic E-state index is -0.969. The lowest BCUT2D eigenvalue weighted by molar-refractivity contribution is -0.168. The summed E-state index contributed by atoms with van der Waals surface area (Å²) in [5.41, 5.74) is 0.641. The molecule has 1 aromatic rings. The molecule has 4 nitrogen and oxygen atoms in total. The Bertz CT molecular complexity index is 456. The van der Waals surface area contributed by atoms with Crippen molar-refractivity contribution in [2.24, 2.45) is 0 Å². The lowest BCUT2D eigenvalue weighted by Gasteiger charge is -2.17. The molecule has 0 aliphatic rings. The highest BCUT2D eigenvalue weighted by atomic mass is 16.6. The molecule has 0 heterocycles. The highest BCUT2D eigenvalue weighted by molar-refractivity contribution is 5.80. The average Bonchev–Trinajstić information content (AvgIpc) is 2.59. The molecule has 0 amide bonds. The van der Waals surface area contributed by atoms with Gasteiger partial charge in [0.25, 0.3) is 0 Å². The van der Waals surface area contributed by atoms with E-state index in [9.17, 15) is 9.59 Å². The Morgan fingerprint density at radius 3 is 2.26 bits per heavy atom. The van der Waals surface area contributed by atoms with Gasteiger partial charge in [0.15, 0.2) is 0 Å². The molecule has 0 radical (unpaired) electrons. The molecule has 1 rings (SSSR count). The summed E-state index contributed by atoms with van der Waals surface area (Å²) in [6, 6.07) is 9.00. The predicted molar refractivity (Wildman–Crippen MR) is 89.9 cm³/mol. The third-order valence-electron chi connectivity index (χ3n) is 3.60. The second kappa shape index (κ2) is 11.7. The summed E-state index contributed by atoms with van der Waals surface area (Å²) in [6.07, 6.45) is 6.02. The molecular formula is C19H28O4. The quantitative estimate of drug-likeness (QED) is 0.442. The number of rotatable bonds is 11. The topological polar surface area (TPSA) is 52.6 Å². The first-order chi connectivity index (χ1) is 11.2. The SMILES string of the molecule is CCCCCCCCOC(=O)C(OC(=O)CC)c1ccccc1. The Kier molecular flexibility index (Phi) is 9.76. The molecule has 0 bridgehead atoms. The van der Waals surface area contributed by atoms with Gasteiger partial charge in [-0.1, -0.05) is 76.3 Å². The second-order valence-corrected chi connectivity index (χ2v) is 5.57. The Morgan fingerprint density at radius 1 is 0.957 bits per heavy atom. The number of benzene rings is 1. The van der Waals surface area contributed by atoms with E-state index in [1.807, 2.05) is 18.2 Å². The summed E-state index contributed by atoms with van der Waals surface area (Å²) in [5.74, 6) is -0.901. The minimum absolute atomic E-state index is 0.230. The maximum atomic E-state index is 12.2. The van der Waals surface area contributed by atoms with E-state index in [2.05, 4.69) is 6.92 Å². The third-order valence-corrected chi connectivity index (χ3v) is 3.60. The van der Waals surface area contributed by atoms with E-state index in [1.165, 1.54) is 25.7 Å². The van der Waals surface area contributed by atoms with Crippen LogP contribution < -0.4 is 0 Å². The van der Waals surface area contributed by atoms with Gasteiger partial charge in [-0.15, -0.1) is 0 Å². The lowest BCUT2D eigenvalue weighted by atomic mass is 10.1. The van der Waals surface area contributed by atoms with Crippen LogP contribution in [0.2, 0.25) is 0 Å². The summed E-state index contributed by atoms with van der Waals surface area (Å²) >= 11 is 0. The van der Waals surface area contributed by atoms with Gasteiger partial charge in [0, 0.05) is 12.0 Å². The van der Waals surface area contributed by atoms with Crippen molar-refractivity contribution < 1.29 is 19.1 Å². The van der Waals surface area contributed by atoms with Crippen molar-refractivity contribution >= 4 is 11.9 Å². The molecule has 0 aromatic heterocycles. The van der Waals surface area contributed by atoms with E-state index in [4.69, 9.17) is 9.47 Å². The number of hydrogen-bond acceptors (Lipinski definition) is 4. The van der Waals surface area contributed by atoms with Gasteiger partial charge < -0.3 is 9.47 Å². The molecular weight excluding hydrogens is 292 g/mol. The van der Waals surface area contributed by atoms with Crippen molar-refractivity contribution in [1.29, 1.82) is 0 Å². The van der Waals surface area contributed by atoms with Crippen LogP contribution >= 0.6 is 0 Å². The maximum Gasteiger partial charge on any atom is 0.352 e. The summed E-state index contributed by atoms with van der Waals surface area (Å²) in [5, 5.41) is 0. The zero-order valence-electron chi connectivity index (χ0n) is 14.3. The Labute approximate surface area is 139 Å². The molecule has 4 heteroatoms. The smallest absolute Gasteiger partial charge is 0.352 e. The molecule has 23 heavy (non-hydrogen) atoms. The van der Waals surface area contributed by atoms with E-state index in [1.54, 1.807) is 19.1 Å². The Morgan fingerprint density at radius 2 is 1.61 bits per heavy atom. The number of carbonyl (C=O) groups is 2. The molecule has 0 saturated carbocycles. The maximum absolute atomic E-state index is 12.2. The van der Waals surface area contributed by atoms with Crippen molar-refractivity contribution in [2.45, 2.75) is 64.9 Å². The summed E-state index contributed by atoms with van der Waals surface area (Å²) in [6.45, 7) is 4.26. The third kappa shape index (κ3) is 7.82. The van der Waals surface area contributed by atoms with E-state index in [0.29, 0.717) is 12.2 Å². The van der Waals surface area contributed by atoms with Gasteiger partial charge in [0.2, 0.25) is 6.10 Å². The van der Waals surface area contributed by atoms with Crippen molar-refractivity contribution in [1.82, 2.24) is 0 Å². The molecule has 0 aliphatic carbocycles. The number of unbranched alkanes of at least 4 members (excludes halogenated alkanes) is 5. The highest BCUT2D eigenvalue weighted by Gasteiger charge is 2.25. The standard InChI is InChI=1S/C19H28O4/c1-3-5-6-7-8-12-15-22-19(21)18(23-17(20)4-2)16-13-10-9-11-14-16/h9-11,13-14,18H,3-8,12,15H2,1-2H3. The molecule has 0 spiro atoms. The fraction of sp³-hybridized carbons (Fsp3) is 0.579. The van der Waals surface area contributed by atoms with Crippen molar-refractivity contribution in [3.05, 3.63) is 35.9 Å². The number of carbonyl (C=O) groups excluding carboxylic acids is 2. The zero-order valence-corrected chi connectivity index (χ0v) is 14.3. The predicted octanol–water partition coefficient (Wildman–Crippen LogP) is 4.58. The molecule has 0 fully saturated rings. The largest absolute Gasteiger partial charge is 0.463 e. The lowest BCUT2D eigenvalue weighted by Crippen LogP contribution is -2.22. The van der Waals surface area contributed by atoms with Gasteiger partial charge in [0.1, 0.15) is 0 Å². The average molecular weight is 320 g/mol. The van der Waals surface area contributed by atoms with E-state index in [0.717, 1.165) is 12.8 Å². The van der Waals surface area contributed by atoms with Crippen LogP contribution in [0.15, 0.2) is 30.3 Å². The van der Waals surface area contributed by atoms with Crippen LogP contribution in [0.1, 0.15) is 70.5 Å². The highest BCUT2D eigenvalue weighted by Crippen LogP contribution is 2.20. The van der Waals surface area contributed by atoms with E-state index < -0.39 is 18.0 Å². The van der Waals surface area contributed by atoms with Gasteiger partial charge in [-0.05, 0) is 6.42 Å². The first-order valence-corrected chi connectivity index (χ1v) is 8.60. The number of hydrogen-bond donors (Lipinski definition) is 0.